The topological polar surface area (TPSA) is 3.24 Å². The van der Waals surface area contributed by atoms with E-state index in [4.69, 9.17) is 0 Å². The first-order valence-corrected chi connectivity index (χ1v) is 17.2. The number of nitrogens with zero attached hydrogens (tertiary/aromatic N) is 1. The molecular formula is C46H31NS. The number of rotatable bonds is 6. The summed E-state index contributed by atoms with van der Waals surface area (Å²) in [4.78, 5) is 2.46. The van der Waals surface area contributed by atoms with Crippen LogP contribution in [0.25, 0.3) is 64.3 Å². The third-order valence-corrected chi connectivity index (χ3v) is 10.5. The molecule has 1 aromatic heterocycles. The number of hydrogen-bond acceptors (Lipinski definition) is 2. The molecule has 0 atom stereocenters. The summed E-state index contributed by atoms with van der Waals surface area (Å²) in [6.45, 7) is 0. The van der Waals surface area contributed by atoms with Crippen molar-refractivity contribution in [1.29, 1.82) is 0 Å². The molecule has 8 aromatic carbocycles. The number of anilines is 3. The molecule has 0 aliphatic carbocycles. The molecule has 226 valence electrons. The fourth-order valence-corrected chi connectivity index (χ4v) is 8.21. The highest BCUT2D eigenvalue weighted by atomic mass is 32.1. The van der Waals surface area contributed by atoms with Crippen molar-refractivity contribution in [2.24, 2.45) is 0 Å². The Balaban J connectivity index is 1.27. The molecule has 9 aromatic rings. The van der Waals surface area contributed by atoms with Gasteiger partial charge in [0.15, 0.2) is 0 Å². The van der Waals surface area contributed by atoms with Crippen LogP contribution < -0.4 is 4.90 Å². The van der Waals surface area contributed by atoms with Crippen LogP contribution in [-0.4, -0.2) is 0 Å². The van der Waals surface area contributed by atoms with Gasteiger partial charge >= 0.3 is 0 Å². The van der Waals surface area contributed by atoms with Crippen LogP contribution in [0, 0.1) is 0 Å². The van der Waals surface area contributed by atoms with E-state index in [1.165, 1.54) is 70.0 Å². The van der Waals surface area contributed by atoms with E-state index in [-0.39, 0.29) is 0 Å². The Morgan fingerprint density at radius 3 is 1.65 bits per heavy atom. The Morgan fingerprint density at radius 1 is 0.354 bits per heavy atom. The lowest BCUT2D eigenvalue weighted by Gasteiger charge is -2.29. The summed E-state index contributed by atoms with van der Waals surface area (Å²) in [6.07, 6.45) is 0. The fourth-order valence-electron chi connectivity index (χ4n) is 6.95. The zero-order valence-electron chi connectivity index (χ0n) is 26.3. The molecule has 48 heavy (non-hydrogen) atoms. The van der Waals surface area contributed by atoms with Gasteiger partial charge in [-0.2, -0.15) is 0 Å². The quantitative estimate of drug-likeness (QED) is 0.177. The average molecular weight is 630 g/mol. The molecule has 0 bridgehead atoms. The van der Waals surface area contributed by atoms with Gasteiger partial charge in [-0.1, -0.05) is 158 Å². The molecule has 2 heteroatoms. The van der Waals surface area contributed by atoms with Crippen LogP contribution in [0.3, 0.4) is 0 Å². The van der Waals surface area contributed by atoms with Gasteiger partial charge in [-0.05, 0) is 63.5 Å². The minimum atomic E-state index is 1.12. The van der Waals surface area contributed by atoms with Gasteiger partial charge < -0.3 is 4.90 Å². The molecule has 0 saturated heterocycles. The summed E-state index contributed by atoms with van der Waals surface area (Å²) in [7, 11) is 0. The van der Waals surface area contributed by atoms with E-state index in [2.05, 4.69) is 193 Å². The largest absolute Gasteiger partial charge is 0.309 e. The summed E-state index contributed by atoms with van der Waals surface area (Å²) in [6, 6.07) is 68.1. The van der Waals surface area contributed by atoms with E-state index in [1.54, 1.807) is 0 Å². The lowest BCUT2D eigenvalue weighted by molar-refractivity contribution is 1.30. The van der Waals surface area contributed by atoms with Gasteiger partial charge in [0.25, 0.3) is 0 Å². The number of hydrogen-bond donors (Lipinski definition) is 0. The van der Waals surface area contributed by atoms with Gasteiger partial charge in [0.1, 0.15) is 0 Å². The molecule has 1 nitrogen and oxygen atoms in total. The van der Waals surface area contributed by atoms with Gasteiger partial charge in [-0.15, -0.1) is 11.3 Å². The first kappa shape index (κ1) is 28.3. The number of fused-ring (bicyclic) bond motifs is 5. The van der Waals surface area contributed by atoms with E-state index < -0.39 is 0 Å². The number of thiophene rings is 1. The molecular weight excluding hydrogens is 599 g/mol. The predicted octanol–water partition coefficient (Wildman–Crippen LogP) is 13.7. The second-order valence-electron chi connectivity index (χ2n) is 12.1. The average Bonchev–Trinajstić information content (AvgIpc) is 3.55. The monoisotopic (exact) mass is 629 g/mol. The predicted molar refractivity (Wildman–Crippen MR) is 208 cm³/mol. The molecule has 0 N–H and O–H groups in total. The first-order chi connectivity index (χ1) is 23.8. The highest BCUT2D eigenvalue weighted by Gasteiger charge is 2.21. The lowest BCUT2D eigenvalue weighted by atomic mass is 9.97. The van der Waals surface area contributed by atoms with Gasteiger partial charge in [0, 0.05) is 36.8 Å². The van der Waals surface area contributed by atoms with E-state index >= 15 is 0 Å². The molecule has 1 heterocycles. The van der Waals surface area contributed by atoms with Gasteiger partial charge in [0.2, 0.25) is 0 Å². The molecule has 9 rings (SSSR count). The summed E-state index contributed by atoms with van der Waals surface area (Å²) < 4.78 is 2.63. The van der Waals surface area contributed by atoms with Crippen LogP contribution in [0.5, 0.6) is 0 Å². The van der Waals surface area contributed by atoms with E-state index in [0.717, 1.165) is 11.4 Å². The second kappa shape index (κ2) is 12.0. The van der Waals surface area contributed by atoms with Crippen LogP contribution >= 0.6 is 11.3 Å². The molecule has 0 saturated carbocycles. The van der Waals surface area contributed by atoms with Gasteiger partial charge in [0.05, 0.1) is 11.4 Å². The Bertz CT molecular complexity index is 2530. The Labute approximate surface area is 284 Å². The van der Waals surface area contributed by atoms with Crippen molar-refractivity contribution < 1.29 is 0 Å². The highest BCUT2D eigenvalue weighted by molar-refractivity contribution is 7.26. The van der Waals surface area contributed by atoms with Crippen molar-refractivity contribution in [2.45, 2.75) is 0 Å². The van der Waals surface area contributed by atoms with E-state index in [1.807, 2.05) is 11.3 Å². The van der Waals surface area contributed by atoms with Crippen LogP contribution in [0.4, 0.5) is 17.1 Å². The Hall–Kier alpha value is -5.96. The maximum absolute atomic E-state index is 2.46. The van der Waals surface area contributed by atoms with Crippen LogP contribution in [-0.2, 0) is 0 Å². The van der Waals surface area contributed by atoms with Crippen LogP contribution in [0.2, 0.25) is 0 Å². The Morgan fingerprint density at radius 2 is 0.917 bits per heavy atom. The summed E-state index contributed by atoms with van der Waals surface area (Å²) >= 11 is 1.89. The van der Waals surface area contributed by atoms with Crippen molar-refractivity contribution in [3.8, 4) is 33.4 Å². The van der Waals surface area contributed by atoms with E-state index in [0.29, 0.717) is 0 Å². The molecule has 0 radical (unpaired) electrons. The molecule has 0 aliphatic heterocycles. The Kier molecular flexibility index (Phi) is 7.07. The lowest BCUT2D eigenvalue weighted by Crippen LogP contribution is -2.11. The zero-order chi connectivity index (χ0) is 31.9. The molecule has 0 fully saturated rings. The van der Waals surface area contributed by atoms with Crippen molar-refractivity contribution in [2.75, 3.05) is 4.90 Å². The van der Waals surface area contributed by atoms with Crippen molar-refractivity contribution >= 4 is 59.3 Å². The molecule has 0 unspecified atom stereocenters. The first-order valence-electron chi connectivity index (χ1n) is 16.4. The second-order valence-corrected chi connectivity index (χ2v) is 13.2. The SMILES string of the molecule is c1ccc(-c2ccc(-c3ccccc3N(c3ccc(-c4ccccc4)cc3)c3cccc4ccc5c6ccccc6sc5c34)cc2)cc1. The minimum Gasteiger partial charge on any atom is -0.309 e. The van der Waals surface area contributed by atoms with Crippen molar-refractivity contribution in [1.82, 2.24) is 0 Å². The highest BCUT2D eigenvalue weighted by Crippen LogP contribution is 2.48. The molecule has 0 spiro atoms. The summed E-state index contributed by atoms with van der Waals surface area (Å²) in [5.41, 5.74) is 10.7. The third-order valence-electron chi connectivity index (χ3n) is 9.29. The van der Waals surface area contributed by atoms with Gasteiger partial charge in [-0.25, -0.2) is 0 Å². The van der Waals surface area contributed by atoms with Crippen molar-refractivity contribution in [3.63, 3.8) is 0 Å². The normalized spacial score (nSPS) is 11.3. The zero-order valence-corrected chi connectivity index (χ0v) is 27.1. The minimum absolute atomic E-state index is 1.12. The molecule has 0 amide bonds. The fraction of sp³-hybridized carbons (Fsp3) is 0. The summed E-state index contributed by atoms with van der Waals surface area (Å²) in [5.74, 6) is 0. The maximum atomic E-state index is 2.46. The standard InChI is InChI=1S/C46H31NS/c1-3-12-32(13-4-1)34-22-24-36(25-23-34)39-17-7-9-19-42(39)47(38-29-26-35(27-30-38)33-14-5-2-6-15-33)43-20-11-16-37-28-31-41-40-18-8-10-21-44(40)48-46(41)45(37)43/h1-31H. The molecule has 0 aliphatic rings. The number of para-hydroxylation sites is 1. The smallest absolute Gasteiger partial charge is 0.0554 e. The van der Waals surface area contributed by atoms with Crippen LogP contribution in [0.15, 0.2) is 188 Å². The third kappa shape index (κ3) is 4.95. The van der Waals surface area contributed by atoms with Crippen molar-refractivity contribution in [3.05, 3.63) is 188 Å². The summed E-state index contributed by atoms with van der Waals surface area (Å²) in [5, 5.41) is 5.13. The number of benzene rings is 8. The van der Waals surface area contributed by atoms with Gasteiger partial charge in [-0.3, -0.25) is 0 Å². The van der Waals surface area contributed by atoms with Crippen LogP contribution in [0.1, 0.15) is 0 Å². The maximum Gasteiger partial charge on any atom is 0.0554 e. The van der Waals surface area contributed by atoms with E-state index in [9.17, 15) is 0 Å².